The van der Waals surface area contributed by atoms with Gasteiger partial charge in [0.1, 0.15) is 11.2 Å². The third kappa shape index (κ3) is 6.61. The Kier molecular flexibility index (Phi) is 8.00. The van der Waals surface area contributed by atoms with Crippen molar-refractivity contribution in [2.75, 3.05) is 0 Å². The highest BCUT2D eigenvalue weighted by molar-refractivity contribution is 9.10. The monoisotopic (exact) mass is 376 g/mol. The number of carbonyl (C=O) groups is 2. The molecule has 0 bridgehead atoms. The van der Waals surface area contributed by atoms with Crippen LogP contribution < -0.4 is 0 Å². The predicted octanol–water partition coefficient (Wildman–Crippen LogP) is 4.20. The molecule has 0 aliphatic carbocycles. The summed E-state index contributed by atoms with van der Waals surface area (Å²) in [5, 5.41) is 0. The highest BCUT2D eigenvalue weighted by Gasteiger charge is 2.37. The second kappa shape index (κ2) is 8.25. The van der Waals surface area contributed by atoms with Gasteiger partial charge in [0.25, 0.3) is 0 Å². The largest absolute Gasteiger partial charge is 0.456 e. The number of esters is 1. The minimum Gasteiger partial charge on any atom is -0.456 e. The van der Waals surface area contributed by atoms with Crippen molar-refractivity contribution in [3.8, 4) is 0 Å². The zero-order valence-electron chi connectivity index (χ0n) is 14.8. The van der Waals surface area contributed by atoms with Gasteiger partial charge in [-0.2, -0.15) is 0 Å². The molecule has 0 heterocycles. The average Bonchev–Trinajstić information content (AvgIpc) is 2.35. The van der Waals surface area contributed by atoms with Crippen LogP contribution in [0.4, 0.5) is 0 Å². The summed E-state index contributed by atoms with van der Waals surface area (Å²) >= 11 is 3.31. The molecule has 0 aromatic carbocycles. The van der Waals surface area contributed by atoms with Gasteiger partial charge >= 0.3 is 5.97 Å². The molecule has 0 spiro atoms. The number of halogens is 1. The van der Waals surface area contributed by atoms with E-state index in [0.717, 1.165) is 0 Å². The lowest BCUT2D eigenvalue weighted by Gasteiger charge is -2.35. The Morgan fingerprint density at radius 3 is 2.09 bits per heavy atom. The molecular formula is C17H29BrO4. The fourth-order valence-corrected chi connectivity index (χ4v) is 2.78. The topological polar surface area (TPSA) is 52.6 Å². The van der Waals surface area contributed by atoms with Gasteiger partial charge < -0.3 is 9.47 Å². The van der Waals surface area contributed by atoms with Crippen LogP contribution in [0.25, 0.3) is 0 Å². The molecule has 0 saturated heterocycles. The van der Waals surface area contributed by atoms with Crippen molar-refractivity contribution in [3.63, 3.8) is 0 Å². The van der Waals surface area contributed by atoms with Gasteiger partial charge in [-0.1, -0.05) is 29.4 Å². The van der Waals surface area contributed by atoms with Gasteiger partial charge in [0, 0.05) is 12.0 Å². The number of hydrogen-bond donors (Lipinski definition) is 0. The van der Waals surface area contributed by atoms with Gasteiger partial charge in [-0.15, -0.1) is 0 Å². The molecule has 0 radical (unpaired) electrons. The Balaban J connectivity index is 4.84. The summed E-state index contributed by atoms with van der Waals surface area (Å²) in [5.74, 6) is -0.404. The molecule has 0 aliphatic rings. The molecule has 0 saturated carbocycles. The maximum atomic E-state index is 12.3. The molecule has 0 aromatic rings. The predicted molar refractivity (Wildman–Crippen MR) is 92.2 cm³/mol. The van der Waals surface area contributed by atoms with E-state index in [1.54, 1.807) is 20.8 Å². The van der Waals surface area contributed by atoms with E-state index in [2.05, 4.69) is 22.5 Å². The first-order valence-corrected chi connectivity index (χ1v) is 8.51. The van der Waals surface area contributed by atoms with Gasteiger partial charge in [-0.05, 0) is 48.0 Å². The van der Waals surface area contributed by atoms with E-state index in [9.17, 15) is 9.59 Å². The summed E-state index contributed by atoms with van der Waals surface area (Å²) < 4.78 is 11.4. The highest BCUT2D eigenvalue weighted by atomic mass is 79.9. The molecule has 5 heteroatoms. The van der Waals surface area contributed by atoms with Crippen molar-refractivity contribution in [1.82, 2.24) is 0 Å². The average molecular weight is 377 g/mol. The maximum Gasteiger partial charge on any atom is 0.333 e. The second-order valence-corrected chi connectivity index (χ2v) is 8.00. The third-order valence-corrected chi connectivity index (χ3v) is 3.93. The number of hydrogen-bond acceptors (Lipinski definition) is 4. The first kappa shape index (κ1) is 21.3. The van der Waals surface area contributed by atoms with E-state index in [-0.39, 0.29) is 16.7 Å². The number of alkyl halides is 1. The quantitative estimate of drug-likeness (QED) is 0.343. The summed E-state index contributed by atoms with van der Waals surface area (Å²) in [6, 6.07) is 0. The fraction of sp³-hybridized carbons (Fsp3) is 0.765. The van der Waals surface area contributed by atoms with Crippen LogP contribution in [0.2, 0.25) is 0 Å². The molecule has 22 heavy (non-hydrogen) atoms. The summed E-state index contributed by atoms with van der Waals surface area (Å²) in [4.78, 5) is 23.7. The molecule has 0 rings (SSSR count). The number of ketones is 1. The lowest BCUT2D eigenvalue weighted by atomic mass is 9.94. The molecule has 3 atom stereocenters. The maximum absolute atomic E-state index is 12.3. The molecule has 0 aromatic heterocycles. The van der Waals surface area contributed by atoms with E-state index in [1.165, 1.54) is 0 Å². The normalized spacial score (nSPS) is 17.3. The van der Waals surface area contributed by atoms with Crippen molar-refractivity contribution in [1.29, 1.82) is 0 Å². The lowest BCUT2D eigenvalue weighted by Crippen LogP contribution is -2.45. The fourth-order valence-electron chi connectivity index (χ4n) is 2.29. The molecule has 4 nitrogen and oxygen atoms in total. The number of rotatable bonds is 9. The van der Waals surface area contributed by atoms with Crippen LogP contribution in [0, 0.1) is 0 Å². The third-order valence-electron chi connectivity index (χ3n) is 3.51. The molecule has 0 fully saturated rings. The zero-order valence-corrected chi connectivity index (χ0v) is 16.4. The molecule has 128 valence electrons. The van der Waals surface area contributed by atoms with E-state index >= 15 is 0 Å². The first-order chi connectivity index (χ1) is 9.84. The number of ether oxygens (including phenoxy) is 2. The number of carbonyl (C=O) groups excluding carboxylic acids is 2. The van der Waals surface area contributed by atoms with E-state index in [1.807, 2.05) is 27.7 Å². The molecular weight excluding hydrogens is 348 g/mol. The van der Waals surface area contributed by atoms with Crippen molar-refractivity contribution >= 4 is 27.7 Å². The SMILES string of the molecule is C=C(C)C(=O)OC(C)(C)CC(C)OC(C)(CC)C(=O)C(C)Br. The van der Waals surface area contributed by atoms with Crippen LogP contribution in [0.1, 0.15) is 61.3 Å². The van der Waals surface area contributed by atoms with E-state index in [4.69, 9.17) is 9.47 Å². The first-order valence-electron chi connectivity index (χ1n) is 7.59. The minimum absolute atomic E-state index is 0.0126. The lowest BCUT2D eigenvalue weighted by molar-refractivity contribution is -0.164. The van der Waals surface area contributed by atoms with E-state index in [0.29, 0.717) is 18.4 Å². The van der Waals surface area contributed by atoms with Crippen molar-refractivity contribution < 1.29 is 19.1 Å². The van der Waals surface area contributed by atoms with Gasteiger partial charge in [0.15, 0.2) is 5.78 Å². The van der Waals surface area contributed by atoms with Gasteiger partial charge in [-0.25, -0.2) is 4.79 Å². The Labute approximate surface area is 142 Å². The summed E-state index contributed by atoms with van der Waals surface area (Å²) in [6.07, 6.45) is 0.844. The molecule has 0 N–H and O–H groups in total. The van der Waals surface area contributed by atoms with Gasteiger partial charge in [0.2, 0.25) is 0 Å². The van der Waals surface area contributed by atoms with Crippen LogP contribution >= 0.6 is 15.9 Å². The van der Waals surface area contributed by atoms with Crippen molar-refractivity contribution in [2.45, 2.75) is 83.4 Å². The Bertz CT molecular complexity index is 428. The Morgan fingerprint density at radius 2 is 1.73 bits per heavy atom. The molecule has 3 unspecified atom stereocenters. The van der Waals surface area contributed by atoms with Crippen LogP contribution in [-0.4, -0.2) is 33.9 Å². The Morgan fingerprint density at radius 1 is 1.23 bits per heavy atom. The van der Waals surface area contributed by atoms with Crippen LogP contribution in [0.15, 0.2) is 12.2 Å². The van der Waals surface area contributed by atoms with Gasteiger partial charge in [0.05, 0.1) is 10.9 Å². The summed E-state index contributed by atoms with van der Waals surface area (Å²) in [6.45, 7) is 16.2. The zero-order chi connectivity index (χ0) is 17.7. The van der Waals surface area contributed by atoms with Crippen molar-refractivity contribution in [2.24, 2.45) is 0 Å². The summed E-state index contributed by atoms with van der Waals surface area (Å²) in [5.41, 5.74) is -1.17. The van der Waals surface area contributed by atoms with Crippen molar-refractivity contribution in [3.05, 3.63) is 12.2 Å². The standard InChI is InChI=1S/C17H29BrO4/c1-9-17(8,14(19)13(5)18)21-12(4)10-16(6,7)22-15(20)11(2)3/h12-13H,2,9-10H2,1,3-8H3. The van der Waals surface area contributed by atoms with Crippen LogP contribution in [0.5, 0.6) is 0 Å². The van der Waals surface area contributed by atoms with Gasteiger partial charge in [-0.3, -0.25) is 4.79 Å². The molecule has 0 aliphatic heterocycles. The highest BCUT2D eigenvalue weighted by Crippen LogP contribution is 2.27. The number of Topliss-reactive ketones (excluding diaryl/α,β-unsaturated/α-hetero) is 1. The Hall–Kier alpha value is -0.680. The molecule has 0 amide bonds. The van der Waals surface area contributed by atoms with E-state index < -0.39 is 17.2 Å². The smallest absolute Gasteiger partial charge is 0.333 e. The van der Waals surface area contributed by atoms with Crippen LogP contribution in [-0.2, 0) is 19.1 Å². The summed E-state index contributed by atoms with van der Waals surface area (Å²) in [7, 11) is 0. The van der Waals surface area contributed by atoms with Crippen LogP contribution in [0.3, 0.4) is 0 Å². The minimum atomic E-state index is -0.850. The second-order valence-electron chi connectivity index (χ2n) is 6.63.